The van der Waals surface area contributed by atoms with E-state index in [4.69, 9.17) is 0 Å². The van der Waals surface area contributed by atoms with Crippen molar-refractivity contribution in [2.75, 3.05) is 18.1 Å². The van der Waals surface area contributed by atoms with Gasteiger partial charge in [0.15, 0.2) is 0 Å². The minimum absolute atomic E-state index is 0.582. The number of benzene rings is 1. The molecule has 0 spiro atoms. The molecular weight excluding hydrogens is 190 g/mol. The standard InChI is InChI=1S/C12H17NS/c1-12(7-8-12)9-13-10-3-5-11(14-2)6-4-10/h3-6,13H,7-9H2,1-2H3. The van der Waals surface area contributed by atoms with Gasteiger partial charge in [-0.05, 0) is 48.8 Å². The Labute approximate surface area is 90.3 Å². The Morgan fingerprint density at radius 1 is 1.29 bits per heavy atom. The first-order valence-electron chi connectivity index (χ1n) is 5.10. The number of hydrogen-bond acceptors (Lipinski definition) is 2. The van der Waals surface area contributed by atoms with Crippen LogP contribution >= 0.6 is 11.8 Å². The first kappa shape index (κ1) is 9.91. The molecule has 1 N–H and O–H groups in total. The van der Waals surface area contributed by atoms with Gasteiger partial charge in [-0.1, -0.05) is 6.92 Å². The molecule has 2 heteroatoms. The number of hydrogen-bond donors (Lipinski definition) is 1. The van der Waals surface area contributed by atoms with Gasteiger partial charge in [-0.25, -0.2) is 0 Å². The third kappa shape index (κ3) is 2.44. The van der Waals surface area contributed by atoms with Crippen LogP contribution in [0.15, 0.2) is 29.2 Å². The smallest absolute Gasteiger partial charge is 0.0341 e. The Morgan fingerprint density at radius 3 is 2.43 bits per heavy atom. The second-order valence-electron chi connectivity index (χ2n) is 4.39. The van der Waals surface area contributed by atoms with Crippen molar-refractivity contribution in [1.29, 1.82) is 0 Å². The van der Waals surface area contributed by atoms with E-state index in [0.29, 0.717) is 5.41 Å². The average Bonchev–Trinajstić information content (AvgIpc) is 2.95. The first-order valence-corrected chi connectivity index (χ1v) is 6.32. The van der Waals surface area contributed by atoms with Crippen molar-refractivity contribution in [3.8, 4) is 0 Å². The zero-order valence-corrected chi connectivity index (χ0v) is 9.66. The molecule has 0 radical (unpaired) electrons. The van der Waals surface area contributed by atoms with E-state index in [1.54, 1.807) is 11.8 Å². The maximum atomic E-state index is 3.49. The minimum atomic E-state index is 0.582. The van der Waals surface area contributed by atoms with Crippen LogP contribution in [0.3, 0.4) is 0 Å². The zero-order valence-electron chi connectivity index (χ0n) is 8.84. The van der Waals surface area contributed by atoms with Crippen LogP contribution in [0.1, 0.15) is 19.8 Å². The molecule has 0 heterocycles. The Hall–Kier alpha value is -0.630. The Kier molecular flexibility index (Phi) is 2.73. The number of rotatable bonds is 4. The van der Waals surface area contributed by atoms with Gasteiger partial charge in [-0.2, -0.15) is 0 Å². The van der Waals surface area contributed by atoms with Crippen LogP contribution < -0.4 is 5.32 Å². The van der Waals surface area contributed by atoms with Crippen molar-refractivity contribution in [3.63, 3.8) is 0 Å². The van der Waals surface area contributed by atoms with E-state index in [-0.39, 0.29) is 0 Å². The van der Waals surface area contributed by atoms with E-state index < -0.39 is 0 Å². The van der Waals surface area contributed by atoms with Gasteiger partial charge in [-0.15, -0.1) is 11.8 Å². The molecule has 1 aliphatic carbocycles. The van der Waals surface area contributed by atoms with Crippen LogP contribution in [-0.2, 0) is 0 Å². The monoisotopic (exact) mass is 207 g/mol. The largest absolute Gasteiger partial charge is 0.384 e. The summed E-state index contributed by atoms with van der Waals surface area (Å²) in [4.78, 5) is 1.33. The molecule has 1 nitrogen and oxygen atoms in total. The Balaban J connectivity index is 1.89. The van der Waals surface area contributed by atoms with Crippen LogP contribution in [0.25, 0.3) is 0 Å². The van der Waals surface area contributed by atoms with Crippen LogP contribution in [0.4, 0.5) is 5.69 Å². The molecule has 0 aliphatic heterocycles. The number of thioether (sulfide) groups is 1. The maximum absolute atomic E-state index is 3.49. The number of anilines is 1. The van der Waals surface area contributed by atoms with Gasteiger partial charge in [-0.3, -0.25) is 0 Å². The van der Waals surface area contributed by atoms with Crippen LogP contribution in [0.5, 0.6) is 0 Å². The lowest BCUT2D eigenvalue weighted by molar-refractivity contribution is 0.611. The highest BCUT2D eigenvalue weighted by Crippen LogP contribution is 2.44. The molecule has 1 aromatic carbocycles. The third-order valence-electron chi connectivity index (χ3n) is 2.91. The lowest BCUT2D eigenvalue weighted by Crippen LogP contribution is -2.11. The normalized spacial score (nSPS) is 17.9. The molecule has 76 valence electrons. The van der Waals surface area contributed by atoms with Crippen molar-refractivity contribution in [3.05, 3.63) is 24.3 Å². The molecule has 0 saturated heterocycles. The van der Waals surface area contributed by atoms with Gasteiger partial charge < -0.3 is 5.32 Å². The highest BCUT2D eigenvalue weighted by atomic mass is 32.2. The molecule has 1 aromatic rings. The van der Waals surface area contributed by atoms with E-state index in [1.807, 2.05) is 0 Å². The van der Waals surface area contributed by atoms with Gasteiger partial charge in [0, 0.05) is 17.1 Å². The van der Waals surface area contributed by atoms with Crippen LogP contribution in [0.2, 0.25) is 0 Å². The molecule has 1 aliphatic rings. The van der Waals surface area contributed by atoms with Crippen LogP contribution in [-0.4, -0.2) is 12.8 Å². The van der Waals surface area contributed by atoms with Crippen molar-refractivity contribution < 1.29 is 0 Å². The van der Waals surface area contributed by atoms with Crippen molar-refractivity contribution in [2.45, 2.75) is 24.7 Å². The fraction of sp³-hybridized carbons (Fsp3) is 0.500. The van der Waals surface area contributed by atoms with E-state index in [2.05, 4.69) is 42.8 Å². The summed E-state index contributed by atoms with van der Waals surface area (Å²) >= 11 is 1.79. The molecular formula is C12H17NS. The summed E-state index contributed by atoms with van der Waals surface area (Å²) in [7, 11) is 0. The molecule has 1 saturated carbocycles. The Bertz CT molecular complexity index is 301. The van der Waals surface area contributed by atoms with Crippen molar-refractivity contribution in [1.82, 2.24) is 0 Å². The van der Waals surface area contributed by atoms with Gasteiger partial charge in [0.2, 0.25) is 0 Å². The summed E-state index contributed by atoms with van der Waals surface area (Å²) in [5.41, 5.74) is 1.83. The predicted molar refractivity (Wildman–Crippen MR) is 64.1 cm³/mol. The van der Waals surface area contributed by atoms with Gasteiger partial charge in [0.1, 0.15) is 0 Å². The number of nitrogens with one attached hydrogen (secondary N) is 1. The van der Waals surface area contributed by atoms with Gasteiger partial charge in [0.05, 0.1) is 0 Å². The lowest BCUT2D eigenvalue weighted by Gasteiger charge is -2.11. The topological polar surface area (TPSA) is 12.0 Å². The summed E-state index contributed by atoms with van der Waals surface area (Å²) in [6, 6.07) is 8.67. The fourth-order valence-corrected chi connectivity index (χ4v) is 1.82. The lowest BCUT2D eigenvalue weighted by atomic mass is 10.1. The van der Waals surface area contributed by atoms with E-state index >= 15 is 0 Å². The summed E-state index contributed by atoms with van der Waals surface area (Å²) in [6.07, 6.45) is 4.86. The fourth-order valence-electron chi connectivity index (χ4n) is 1.41. The van der Waals surface area contributed by atoms with E-state index in [9.17, 15) is 0 Å². The maximum Gasteiger partial charge on any atom is 0.0341 e. The van der Waals surface area contributed by atoms with Crippen LogP contribution in [0, 0.1) is 5.41 Å². The highest BCUT2D eigenvalue weighted by Gasteiger charge is 2.36. The molecule has 0 amide bonds. The molecule has 14 heavy (non-hydrogen) atoms. The molecule has 2 rings (SSSR count). The second-order valence-corrected chi connectivity index (χ2v) is 5.27. The first-order chi connectivity index (χ1) is 6.72. The van der Waals surface area contributed by atoms with Crippen molar-refractivity contribution >= 4 is 17.4 Å². The molecule has 0 atom stereocenters. The van der Waals surface area contributed by atoms with Gasteiger partial charge >= 0.3 is 0 Å². The molecule has 0 unspecified atom stereocenters. The second kappa shape index (κ2) is 3.85. The van der Waals surface area contributed by atoms with Crippen molar-refractivity contribution in [2.24, 2.45) is 5.41 Å². The summed E-state index contributed by atoms with van der Waals surface area (Å²) < 4.78 is 0. The Morgan fingerprint density at radius 2 is 1.93 bits per heavy atom. The zero-order chi connectivity index (χ0) is 10.0. The molecule has 0 aromatic heterocycles. The minimum Gasteiger partial charge on any atom is -0.384 e. The highest BCUT2D eigenvalue weighted by molar-refractivity contribution is 7.98. The third-order valence-corrected chi connectivity index (χ3v) is 3.66. The van der Waals surface area contributed by atoms with Gasteiger partial charge in [0.25, 0.3) is 0 Å². The summed E-state index contributed by atoms with van der Waals surface area (Å²) in [5, 5.41) is 3.49. The summed E-state index contributed by atoms with van der Waals surface area (Å²) in [5.74, 6) is 0. The predicted octanol–water partition coefficient (Wildman–Crippen LogP) is 3.62. The molecule has 1 fully saturated rings. The summed E-state index contributed by atoms with van der Waals surface area (Å²) in [6.45, 7) is 3.46. The SMILES string of the molecule is CSc1ccc(NCC2(C)CC2)cc1. The average molecular weight is 207 g/mol. The van der Waals surface area contributed by atoms with E-state index in [1.165, 1.54) is 23.4 Å². The van der Waals surface area contributed by atoms with E-state index in [0.717, 1.165) is 6.54 Å². The quantitative estimate of drug-likeness (QED) is 0.757. The molecule has 0 bridgehead atoms.